The summed E-state index contributed by atoms with van der Waals surface area (Å²) in [6.07, 6.45) is 4.91. The van der Waals surface area contributed by atoms with Crippen molar-refractivity contribution in [3.63, 3.8) is 0 Å². The van der Waals surface area contributed by atoms with Crippen molar-refractivity contribution in [2.24, 2.45) is 0 Å². The SMILES string of the molecule is CCN1CCCC1Cn1cc(C=O)nn1. The first kappa shape index (κ1) is 10.3. The number of rotatable bonds is 4. The minimum atomic E-state index is 0.413. The Hall–Kier alpha value is -1.23. The second-order valence-electron chi connectivity index (χ2n) is 3.91. The molecular formula is C10H16N4O. The molecule has 1 fully saturated rings. The lowest BCUT2D eigenvalue weighted by Gasteiger charge is -2.22. The average Bonchev–Trinajstić information content (AvgIpc) is 2.87. The Morgan fingerprint density at radius 2 is 2.53 bits per heavy atom. The van der Waals surface area contributed by atoms with E-state index in [1.54, 1.807) is 10.9 Å². The van der Waals surface area contributed by atoms with Gasteiger partial charge in [0.05, 0.1) is 12.7 Å². The van der Waals surface area contributed by atoms with E-state index in [9.17, 15) is 4.79 Å². The summed E-state index contributed by atoms with van der Waals surface area (Å²) in [6, 6.07) is 0.552. The molecule has 5 nitrogen and oxygen atoms in total. The van der Waals surface area contributed by atoms with E-state index in [4.69, 9.17) is 0 Å². The lowest BCUT2D eigenvalue weighted by Crippen LogP contribution is -2.32. The smallest absolute Gasteiger partial charge is 0.171 e. The third-order valence-corrected chi connectivity index (χ3v) is 2.98. The topological polar surface area (TPSA) is 51.0 Å². The van der Waals surface area contributed by atoms with E-state index in [-0.39, 0.29) is 0 Å². The Balaban J connectivity index is 1.98. The summed E-state index contributed by atoms with van der Waals surface area (Å²) in [5.41, 5.74) is 0.413. The summed E-state index contributed by atoms with van der Waals surface area (Å²) < 4.78 is 1.77. The van der Waals surface area contributed by atoms with Gasteiger partial charge in [-0.3, -0.25) is 14.4 Å². The molecule has 1 aliphatic rings. The molecule has 0 saturated carbocycles. The van der Waals surface area contributed by atoms with Crippen molar-refractivity contribution in [3.8, 4) is 0 Å². The first-order valence-corrected chi connectivity index (χ1v) is 5.43. The molecule has 0 amide bonds. The van der Waals surface area contributed by atoms with Gasteiger partial charge >= 0.3 is 0 Å². The Morgan fingerprint density at radius 1 is 1.67 bits per heavy atom. The Morgan fingerprint density at radius 3 is 3.20 bits per heavy atom. The number of nitrogens with zero attached hydrogens (tertiary/aromatic N) is 4. The molecule has 1 saturated heterocycles. The van der Waals surface area contributed by atoms with Crippen molar-refractivity contribution in [2.75, 3.05) is 13.1 Å². The first-order chi connectivity index (χ1) is 7.33. The molecule has 15 heavy (non-hydrogen) atoms. The van der Waals surface area contributed by atoms with Crippen LogP contribution in [0.4, 0.5) is 0 Å². The molecule has 1 aromatic rings. The second-order valence-corrected chi connectivity index (χ2v) is 3.91. The molecule has 2 heterocycles. The van der Waals surface area contributed by atoms with Crippen molar-refractivity contribution in [1.29, 1.82) is 0 Å². The van der Waals surface area contributed by atoms with Crippen molar-refractivity contribution < 1.29 is 4.79 Å². The van der Waals surface area contributed by atoms with E-state index in [0.717, 1.165) is 19.4 Å². The van der Waals surface area contributed by atoms with E-state index in [2.05, 4.69) is 22.1 Å². The van der Waals surface area contributed by atoms with Gasteiger partial charge in [-0.15, -0.1) is 5.10 Å². The van der Waals surface area contributed by atoms with Gasteiger partial charge in [-0.25, -0.2) is 0 Å². The monoisotopic (exact) mass is 208 g/mol. The predicted molar refractivity (Wildman–Crippen MR) is 55.7 cm³/mol. The van der Waals surface area contributed by atoms with Crippen molar-refractivity contribution >= 4 is 6.29 Å². The molecule has 1 atom stereocenters. The number of carbonyl (C=O) groups is 1. The van der Waals surface area contributed by atoms with Gasteiger partial charge < -0.3 is 0 Å². The van der Waals surface area contributed by atoms with Gasteiger partial charge in [-0.1, -0.05) is 12.1 Å². The Kier molecular flexibility index (Phi) is 3.11. The van der Waals surface area contributed by atoms with Crippen LogP contribution in [0.15, 0.2) is 6.20 Å². The van der Waals surface area contributed by atoms with Gasteiger partial charge in [0.15, 0.2) is 6.29 Å². The van der Waals surface area contributed by atoms with Gasteiger partial charge in [0, 0.05) is 6.04 Å². The van der Waals surface area contributed by atoms with Gasteiger partial charge in [0.25, 0.3) is 0 Å². The molecule has 0 N–H and O–H groups in total. The highest BCUT2D eigenvalue weighted by Gasteiger charge is 2.23. The van der Waals surface area contributed by atoms with Crippen LogP contribution in [0.25, 0.3) is 0 Å². The fourth-order valence-electron chi connectivity index (χ4n) is 2.19. The minimum Gasteiger partial charge on any atom is -0.299 e. The summed E-state index contributed by atoms with van der Waals surface area (Å²) in [7, 11) is 0. The van der Waals surface area contributed by atoms with Crippen LogP contribution in [-0.4, -0.2) is 45.3 Å². The first-order valence-electron chi connectivity index (χ1n) is 5.43. The summed E-state index contributed by atoms with van der Waals surface area (Å²) in [5.74, 6) is 0. The third-order valence-electron chi connectivity index (χ3n) is 2.98. The maximum Gasteiger partial charge on any atom is 0.171 e. The van der Waals surface area contributed by atoms with Crippen molar-refractivity contribution in [3.05, 3.63) is 11.9 Å². The fourth-order valence-corrected chi connectivity index (χ4v) is 2.19. The van der Waals surface area contributed by atoms with Crippen molar-refractivity contribution in [2.45, 2.75) is 32.4 Å². The Bertz CT molecular complexity index is 336. The van der Waals surface area contributed by atoms with E-state index in [1.807, 2.05) is 0 Å². The molecule has 82 valence electrons. The summed E-state index contributed by atoms with van der Waals surface area (Å²) in [6.45, 7) is 5.28. The lowest BCUT2D eigenvalue weighted by molar-refractivity contribution is 0.111. The largest absolute Gasteiger partial charge is 0.299 e. The lowest BCUT2D eigenvalue weighted by atomic mass is 10.2. The summed E-state index contributed by atoms with van der Waals surface area (Å²) >= 11 is 0. The minimum absolute atomic E-state index is 0.413. The van der Waals surface area contributed by atoms with Gasteiger partial charge in [-0.05, 0) is 25.9 Å². The molecule has 0 aromatic carbocycles. The quantitative estimate of drug-likeness (QED) is 0.679. The molecule has 0 radical (unpaired) electrons. The highest BCUT2D eigenvalue weighted by atomic mass is 16.1. The zero-order valence-electron chi connectivity index (χ0n) is 8.96. The normalized spacial score (nSPS) is 22.1. The number of hydrogen-bond acceptors (Lipinski definition) is 4. The number of aromatic nitrogens is 3. The molecule has 0 spiro atoms. The van der Waals surface area contributed by atoms with Crippen LogP contribution in [-0.2, 0) is 6.54 Å². The van der Waals surface area contributed by atoms with Crippen LogP contribution in [0.5, 0.6) is 0 Å². The van der Waals surface area contributed by atoms with Gasteiger partial charge in [0.2, 0.25) is 0 Å². The van der Waals surface area contributed by atoms with E-state index in [1.165, 1.54) is 19.4 Å². The predicted octanol–water partition coefficient (Wildman–Crippen LogP) is 0.575. The van der Waals surface area contributed by atoms with E-state index >= 15 is 0 Å². The Labute approximate surface area is 89.1 Å². The van der Waals surface area contributed by atoms with Gasteiger partial charge in [-0.2, -0.15) is 0 Å². The average molecular weight is 208 g/mol. The van der Waals surface area contributed by atoms with Crippen molar-refractivity contribution in [1.82, 2.24) is 19.9 Å². The van der Waals surface area contributed by atoms with Crippen LogP contribution in [0.3, 0.4) is 0 Å². The van der Waals surface area contributed by atoms with Gasteiger partial charge in [0.1, 0.15) is 5.69 Å². The van der Waals surface area contributed by atoms with Crippen LogP contribution in [0.2, 0.25) is 0 Å². The number of likely N-dealkylation sites (tertiary alicyclic amines) is 1. The zero-order chi connectivity index (χ0) is 10.7. The highest BCUT2D eigenvalue weighted by Crippen LogP contribution is 2.17. The van der Waals surface area contributed by atoms with Crippen LogP contribution < -0.4 is 0 Å². The number of aldehydes is 1. The van der Waals surface area contributed by atoms with Crippen LogP contribution >= 0.6 is 0 Å². The van der Waals surface area contributed by atoms with Crippen LogP contribution in [0, 0.1) is 0 Å². The standard InChI is InChI=1S/C10H16N4O/c1-2-13-5-3-4-10(13)7-14-6-9(8-15)11-12-14/h6,8,10H,2-5,7H2,1H3. The second kappa shape index (κ2) is 4.53. The molecule has 1 unspecified atom stereocenters. The molecule has 2 rings (SSSR count). The maximum absolute atomic E-state index is 10.5. The highest BCUT2D eigenvalue weighted by molar-refractivity contribution is 5.70. The number of carbonyl (C=O) groups excluding carboxylic acids is 1. The molecule has 0 aliphatic carbocycles. The van der Waals surface area contributed by atoms with E-state index < -0.39 is 0 Å². The number of likely N-dealkylation sites (N-methyl/N-ethyl adjacent to an activating group) is 1. The molecule has 1 aliphatic heterocycles. The molecule has 1 aromatic heterocycles. The third kappa shape index (κ3) is 2.23. The summed E-state index contributed by atoms with van der Waals surface area (Å²) in [4.78, 5) is 12.9. The molecule has 0 bridgehead atoms. The maximum atomic E-state index is 10.5. The molecular weight excluding hydrogens is 192 g/mol. The van der Waals surface area contributed by atoms with E-state index in [0.29, 0.717) is 11.7 Å². The van der Waals surface area contributed by atoms with Crippen LogP contribution in [0.1, 0.15) is 30.3 Å². The fraction of sp³-hybridized carbons (Fsp3) is 0.700. The molecule has 5 heteroatoms. The zero-order valence-corrected chi connectivity index (χ0v) is 8.96. The number of hydrogen-bond donors (Lipinski definition) is 0. The summed E-state index contributed by atoms with van der Waals surface area (Å²) in [5, 5.41) is 7.68.